The SMILES string of the molecule is O=C(O)CS(=O)(=O)CC(=O)N(CCN1[C@@H]2CC[C@H]1CC(c1cccc(O)c1)C2)CC1CCCCC1. The maximum Gasteiger partial charge on any atom is 0.318 e. The van der Waals surface area contributed by atoms with E-state index in [1.54, 1.807) is 11.0 Å². The maximum atomic E-state index is 13.0. The van der Waals surface area contributed by atoms with Gasteiger partial charge in [0.25, 0.3) is 0 Å². The summed E-state index contributed by atoms with van der Waals surface area (Å²) in [6, 6.07) is 8.38. The molecule has 8 nitrogen and oxygen atoms in total. The van der Waals surface area contributed by atoms with Gasteiger partial charge >= 0.3 is 5.97 Å². The summed E-state index contributed by atoms with van der Waals surface area (Å²) in [5, 5.41) is 18.8. The Bertz CT molecular complexity index is 993. The Hall–Kier alpha value is -2.13. The van der Waals surface area contributed by atoms with Crippen molar-refractivity contribution in [3.63, 3.8) is 0 Å². The smallest absolute Gasteiger partial charge is 0.318 e. The lowest BCUT2D eigenvalue weighted by Crippen LogP contribution is -2.48. The number of carboxylic acid groups (broad SMARTS) is 1. The Labute approximate surface area is 208 Å². The van der Waals surface area contributed by atoms with Gasteiger partial charge in [-0.2, -0.15) is 0 Å². The van der Waals surface area contributed by atoms with Crippen molar-refractivity contribution in [1.29, 1.82) is 0 Å². The van der Waals surface area contributed by atoms with Crippen LogP contribution < -0.4 is 0 Å². The number of hydrogen-bond acceptors (Lipinski definition) is 6. The molecule has 1 aromatic carbocycles. The van der Waals surface area contributed by atoms with E-state index in [1.807, 2.05) is 12.1 Å². The molecule has 3 fully saturated rings. The summed E-state index contributed by atoms with van der Waals surface area (Å²) >= 11 is 0. The molecule has 0 spiro atoms. The van der Waals surface area contributed by atoms with Crippen LogP contribution in [-0.2, 0) is 19.4 Å². The van der Waals surface area contributed by atoms with E-state index < -0.39 is 33.2 Å². The van der Waals surface area contributed by atoms with Crippen LogP contribution in [0.4, 0.5) is 0 Å². The molecule has 1 aromatic rings. The first-order valence-corrected chi connectivity index (χ1v) is 14.8. The molecule has 3 aliphatic rings. The number of aliphatic carboxylic acids is 1. The van der Waals surface area contributed by atoms with Gasteiger partial charge in [0, 0.05) is 31.7 Å². The van der Waals surface area contributed by atoms with Crippen molar-refractivity contribution in [2.45, 2.75) is 75.8 Å². The largest absolute Gasteiger partial charge is 0.508 e. The van der Waals surface area contributed by atoms with E-state index >= 15 is 0 Å². The molecule has 2 bridgehead atoms. The van der Waals surface area contributed by atoms with E-state index in [0.29, 0.717) is 49.3 Å². The van der Waals surface area contributed by atoms with E-state index in [9.17, 15) is 23.1 Å². The summed E-state index contributed by atoms with van der Waals surface area (Å²) in [6.07, 6.45) is 9.83. The average Bonchev–Trinajstić information content (AvgIpc) is 3.02. The fourth-order valence-electron chi connectivity index (χ4n) is 6.44. The van der Waals surface area contributed by atoms with Gasteiger partial charge in [0.05, 0.1) is 0 Å². The highest BCUT2D eigenvalue weighted by atomic mass is 32.2. The molecule has 2 heterocycles. The second kappa shape index (κ2) is 11.3. The minimum absolute atomic E-state index is 0.298. The fraction of sp³-hybridized carbons (Fsp3) is 0.692. The summed E-state index contributed by atoms with van der Waals surface area (Å²) in [4.78, 5) is 28.1. The molecule has 2 N–H and O–H groups in total. The predicted octanol–water partition coefficient (Wildman–Crippen LogP) is 3.01. The maximum absolute atomic E-state index is 13.0. The number of amides is 1. The Morgan fingerprint density at radius 3 is 2.31 bits per heavy atom. The fourth-order valence-corrected chi connectivity index (χ4v) is 7.48. The van der Waals surface area contributed by atoms with Gasteiger partial charge in [-0.1, -0.05) is 31.4 Å². The number of carbonyl (C=O) groups excluding carboxylic acids is 1. The number of hydrogen-bond donors (Lipinski definition) is 2. The van der Waals surface area contributed by atoms with Crippen molar-refractivity contribution in [2.24, 2.45) is 5.92 Å². The van der Waals surface area contributed by atoms with Crippen LogP contribution in [0.5, 0.6) is 5.75 Å². The van der Waals surface area contributed by atoms with Crippen molar-refractivity contribution < 1.29 is 28.2 Å². The lowest BCUT2D eigenvalue weighted by molar-refractivity contribution is -0.134. The van der Waals surface area contributed by atoms with Crippen LogP contribution in [0, 0.1) is 5.92 Å². The van der Waals surface area contributed by atoms with Crippen LogP contribution in [0.3, 0.4) is 0 Å². The Kier molecular flexibility index (Phi) is 8.37. The van der Waals surface area contributed by atoms with Crippen molar-refractivity contribution in [3.8, 4) is 5.75 Å². The summed E-state index contributed by atoms with van der Waals surface area (Å²) in [7, 11) is -3.98. The van der Waals surface area contributed by atoms with Gasteiger partial charge in [0.1, 0.15) is 17.3 Å². The standard InChI is InChI=1S/C26H38N2O6S/c29-24-8-4-7-20(15-24)21-13-22-9-10-23(14-21)28(22)12-11-27(16-19-5-2-1-3-6-19)25(30)17-35(33,34)18-26(31)32/h4,7-8,15,19,21-23,29H,1-3,5-6,9-14,16-18H2,(H,31,32)/t21?,22-,23+. The molecule has 1 amide bonds. The van der Waals surface area contributed by atoms with Gasteiger partial charge in [0.15, 0.2) is 9.84 Å². The highest BCUT2D eigenvalue weighted by Crippen LogP contribution is 2.43. The topological polar surface area (TPSA) is 115 Å². The molecule has 2 aliphatic heterocycles. The quantitative estimate of drug-likeness (QED) is 0.501. The Balaban J connectivity index is 1.39. The zero-order valence-corrected chi connectivity index (χ0v) is 21.2. The first kappa shape index (κ1) is 25.9. The lowest BCUT2D eigenvalue weighted by atomic mass is 9.85. The number of fused-ring (bicyclic) bond motifs is 2. The molecular weight excluding hydrogens is 468 g/mol. The molecule has 1 saturated carbocycles. The predicted molar refractivity (Wildman–Crippen MR) is 133 cm³/mol. The first-order chi connectivity index (χ1) is 16.7. The first-order valence-electron chi connectivity index (χ1n) is 12.9. The normalized spacial score (nSPS) is 25.4. The number of sulfone groups is 1. The number of benzene rings is 1. The third-order valence-electron chi connectivity index (χ3n) is 8.10. The van der Waals surface area contributed by atoms with Gasteiger partial charge in [0.2, 0.25) is 5.91 Å². The molecule has 1 aliphatic carbocycles. The summed E-state index contributed by atoms with van der Waals surface area (Å²) in [5.41, 5.74) is 1.18. The summed E-state index contributed by atoms with van der Waals surface area (Å²) in [5.74, 6) is -2.56. The highest BCUT2D eigenvalue weighted by Gasteiger charge is 2.41. The van der Waals surface area contributed by atoms with Crippen molar-refractivity contribution >= 4 is 21.7 Å². The minimum atomic E-state index is -3.98. The van der Waals surface area contributed by atoms with Gasteiger partial charge in [-0.3, -0.25) is 14.5 Å². The molecule has 4 rings (SSSR count). The zero-order chi connectivity index (χ0) is 25.0. The van der Waals surface area contributed by atoms with Crippen LogP contribution in [-0.4, -0.2) is 83.5 Å². The third kappa shape index (κ3) is 6.97. The van der Waals surface area contributed by atoms with E-state index in [-0.39, 0.29) is 0 Å². The third-order valence-corrected chi connectivity index (χ3v) is 9.47. The molecule has 1 unspecified atom stereocenters. The second-order valence-electron chi connectivity index (χ2n) is 10.7. The highest BCUT2D eigenvalue weighted by molar-refractivity contribution is 7.92. The van der Waals surface area contributed by atoms with E-state index in [4.69, 9.17) is 5.11 Å². The Morgan fingerprint density at radius 2 is 1.69 bits per heavy atom. The van der Waals surface area contributed by atoms with Crippen LogP contribution in [0.2, 0.25) is 0 Å². The number of phenolic OH excluding ortho intramolecular Hbond substituents is 1. The molecule has 0 aromatic heterocycles. The van der Waals surface area contributed by atoms with E-state index in [1.165, 1.54) is 12.0 Å². The van der Waals surface area contributed by atoms with Gasteiger partial charge in [-0.05, 0) is 68.1 Å². The van der Waals surface area contributed by atoms with Crippen LogP contribution in [0.1, 0.15) is 69.3 Å². The molecule has 194 valence electrons. The van der Waals surface area contributed by atoms with E-state index in [0.717, 1.165) is 51.4 Å². The molecular formula is C26H38N2O6S. The van der Waals surface area contributed by atoms with Crippen LogP contribution in [0.25, 0.3) is 0 Å². The van der Waals surface area contributed by atoms with Gasteiger partial charge in [-0.25, -0.2) is 8.42 Å². The number of carbonyl (C=O) groups is 2. The van der Waals surface area contributed by atoms with E-state index in [2.05, 4.69) is 11.0 Å². The number of phenols is 1. The molecule has 3 atom stereocenters. The number of piperidine rings is 1. The lowest BCUT2D eigenvalue weighted by Gasteiger charge is -2.40. The van der Waals surface area contributed by atoms with Crippen molar-refractivity contribution in [3.05, 3.63) is 29.8 Å². The Morgan fingerprint density at radius 1 is 1.00 bits per heavy atom. The molecule has 35 heavy (non-hydrogen) atoms. The number of nitrogens with zero attached hydrogens (tertiary/aromatic N) is 2. The summed E-state index contributed by atoms with van der Waals surface area (Å²) in [6.45, 7) is 1.73. The zero-order valence-electron chi connectivity index (χ0n) is 20.3. The average molecular weight is 507 g/mol. The minimum Gasteiger partial charge on any atom is -0.508 e. The van der Waals surface area contributed by atoms with Gasteiger partial charge < -0.3 is 15.1 Å². The van der Waals surface area contributed by atoms with Crippen molar-refractivity contribution in [1.82, 2.24) is 9.80 Å². The van der Waals surface area contributed by atoms with Crippen LogP contribution in [0.15, 0.2) is 24.3 Å². The molecule has 2 saturated heterocycles. The van der Waals surface area contributed by atoms with Gasteiger partial charge in [-0.15, -0.1) is 0 Å². The molecule has 0 radical (unpaired) electrons. The number of carboxylic acids is 1. The monoisotopic (exact) mass is 506 g/mol. The summed E-state index contributed by atoms with van der Waals surface area (Å²) < 4.78 is 24.4. The number of aromatic hydroxyl groups is 1. The van der Waals surface area contributed by atoms with Crippen molar-refractivity contribution in [2.75, 3.05) is 31.1 Å². The van der Waals surface area contributed by atoms with Crippen LogP contribution >= 0.6 is 0 Å². The molecule has 9 heteroatoms. The second-order valence-corrected chi connectivity index (χ2v) is 12.7. The number of rotatable bonds is 10.